The van der Waals surface area contributed by atoms with Gasteiger partial charge in [0.25, 0.3) is 10.0 Å². The van der Waals surface area contributed by atoms with Gasteiger partial charge in [-0.15, -0.1) is 0 Å². The quantitative estimate of drug-likeness (QED) is 0.732. The summed E-state index contributed by atoms with van der Waals surface area (Å²) in [6.07, 6.45) is 1.36. The van der Waals surface area contributed by atoms with Crippen LogP contribution in [0.15, 0.2) is 33.9 Å². The van der Waals surface area contributed by atoms with Gasteiger partial charge in [0.15, 0.2) is 0 Å². The topological polar surface area (TPSA) is 125 Å². The number of rotatable bonds is 4. The molecule has 0 aromatic carbocycles. The van der Waals surface area contributed by atoms with Crippen molar-refractivity contribution in [2.75, 3.05) is 4.72 Å². The normalized spacial score (nSPS) is 11.3. The number of nitrogens with one attached hydrogen (secondary N) is 2. The second-order valence-electron chi connectivity index (χ2n) is 3.00. The zero-order valence-electron chi connectivity index (χ0n) is 8.25. The molecule has 2 aromatic rings. The molecular formula is C8H7N3O5S. The number of sulfonamides is 1. The third-order valence-corrected chi connectivity index (χ3v) is 3.04. The predicted molar refractivity (Wildman–Crippen MR) is 55.1 cm³/mol. The largest absolute Gasteiger partial charge is 0.475 e. The SMILES string of the molecule is O=C(O)c1ccc(S(=O)(=O)Nc2ccn[nH]2)o1. The fraction of sp³-hybridized carbons (Fsp3) is 0. The van der Waals surface area contributed by atoms with Crippen molar-refractivity contribution in [1.29, 1.82) is 0 Å². The van der Waals surface area contributed by atoms with Crippen molar-refractivity contribution in [3.63, 3.8) is 0 Å². The first-order chi connectivity index (χ1) is 7.99. The lowest BCUT2D eigenvalue weighted by Crippen LogP contribution is -2.12. The number of carbonyl (C=O) groups is 1. The Morgan fingerprint density at radius 2 is 2.18 bits per heavy atom. The van der Waals surface area contributed by atoms with Gasteiger partial charge in [-0.05, 0) is 12.1 Å². The van der Waals surface area contributed by atoms with Gasteiger partial charge < -0.3 is 9.52 Å². The number of nitrogens with zero attached hydrogens (tertiary/aromatic N) is 1. The molecule has 9 heteroatoms. The number of H-pyrrole nitrogens is 1. The van der Waals surface area contributed by atoms with E-state index >= 15 is 0 Å². The third kappa shape index (κ3) is 2.28. The van der Waals surface area contributed by atoms with Crippen molar-refractivity contribution < 1.29 is 22.7 Å². The van der Waals surface area contributed by atoms with Gasteiger partial charge in [0, 0.05) is 6.07 Å². The van der Waals surface area contributed by atoms with Crippen LogP contribution < -0.4 is 4.72 Å². The number of carboxylic acid groups (broad SMARTS) is 1. The van der Waals surface area contributed by atoms with E-state index in [4.69, 9.17) is 5.11 Å². The number of aromatic carboxylic acids is 1. The molecule has 0 radical (unpaired) electrons. The number of hydrogen-bond donors (Lipinski definition) is 3. The van der Waals surface area contributed by atoms with Crippen molar-refractivity contribution in [2.24, 2.45) is 0 Å². The van der Waals surface area contributed by atoms with E-state index in [-0.39, 0.29) is 5.82 Å². The van der Waals surface area contributed by atoms with Gasteiger partial charge in [0.2, 0.25) is 10.9 Å². The van der Waals surface area contributed by atoms with Crippen molar-refractivity contribution in [1.82, 2.24) is 10.2 Å². The Hall–Kier alpha value is -2.29. The lowest BCUT2D eigenvalue weighted by Gasteiger charge is -2.01. The molecule has 0 aliphatic rings. The van der Waals surface area contributed by atoms with E-state index < -0.39 is 26.8 Å². The second kappa shape index (κ2) is 3.94. The molecule has 0 aliphatic heterocycles. The van der Waals surface area contributed by atoms with Gasteiger partial charge in [-0.3, -0.25) is 9.82 Å². The average molecular weight is 257 g/mol. The molecule has 17 heavy (non-hydrogen) atoms. The molecule has 2 rings (SSSR count). The van der Waals surface area contributed by atoms with E-state index in [0.29, 0.717) is 0 Å². The molecule has 0 unspecified atom stereocenters. The molecule has 0 aliphatic carbocycles. The highest BCUT2D eigenvalue weighted by atomic mass is 32.2. The molecule has 2 heterocycles. The summed E-state index contributed by atoms with van der Waals surface area (Å²) in [7, 11) is -3.95. The fourth-order valence-corrected chi connectivity index (χ4v) is 2.04. The second-order valence-corrected chi connectivity index (χ2v) is 4.61. The number of carboxylic acids is 1. The molecule has 0 fully saturated rings. The third-order valence-electron chi connectivity index (χ3n) is 1.80. The molecule has 0 bridgehead atoms. The minimum absolute atomic E-state index is 0.151. The van der Waals surface area contributed by atoms with Crippen LogP contribution in [0.5, 0.6) is 0 Å². The number of hydrogen-bond acceptors (Lipinski definition) is 5. The average Bonchev–Trinajstić information content (AvgIpc) is 2.84. The summed E-state index contributed by atoms with van der Waals surface area (Å²) in [5, 5.41) is 14.1. The van der Waals surface area contributed by atoms with Crippen LogP contribution >= 0.6 is 0 Å². The molecule has 8 nitrogen and oxygen atoms in total. The van der Waals surface area contributed by atoms with Crippen LogP contribution in [-0.4, -0.2) is 29.7 Å². The standard InChI is InChI=1S/C8H7N3O5S/c12-8(13)5-1-2-7(16-5)17(14,15)11-6-3-4-9-10-6/h1-4H,(H,12,13)(H2,9,10,11). The minimum atomic E-state index is -3.95. The maximum absolute atomic E-state index is 11.7. The summed E-state index contributed by atoms with van der Waals surface area (Å²) in [6, 6.07) is 3.52. The van der Waals surface area contributed by atoms with Crippen molar-refractivity contribution >= 4 is 21.8 Å². The lowest BCUT2D eigenvalue weighted by atomic mass is 10.5. The number of aromatic amines is 1. The van der Waals surface area contributed by atoms with E-state index in [1.807, 2.05) is 0 Å². The van der Waals surface area contributed by atoms with Crippen LogP contribution in [0.4, 0.5) is 5.82 Å². The Bertz CT molecular complexity index is 628. The molecule has 90 valence electrons. The first-order valence-electron chi connectivity index (χ1n) is 4.34. The van der Waals surface area contributed by atoms with Crippen LogP contribution in [0.25, 0.3) is 0 Å². The van der Waals surface area contributed by atoms with E-state index in [0.717, 1.165) is 12.1 Å². The summed E-state index contributed by atoms with van der Waals surface area (Å²) in [5.41, 5.74) is 0. The Balaban J connectivity index is 2.28. The zero-order valence-corrected chi connectivity index (χ0v) is 9.06. The van der Waals surface area contributed by atoms with E-state index in [1.54, 1.807) is 0 Å². The van der Waals surface area contributed by atoms with Crippen molar-refractivity contribution in [3.05, 3.63) is 30.2 Å². The minimum Gasteiger partial charge on any atom is -0.475 e. The smallest absolute Gasteiger partial charge is 0.371 e. The van der Waals surface area contributed by atoms with E-state index in [1.165, 1.54) is 12.3 Å². The van der Waals surface area contributed by atoms with E-state index in [9.17, 15) is 13.2 Å². The lowest BCUT2D eigenvalue weighted by molar-refractivity contribution is 0.0656. The molecule has 0 atom stereocenters. The first-order valence-corrected chi connectivity index (χ1v) is 5.83. The number of aromatic nitrogens is 2. The molecular weight excluding hydrogens is 250 g/mol. The van der Waals surface area contributed by atoms with Crippen LogP contribution in [0.3, 0.4) is 0 Å². The molecule has 0 saturated heterocycles. The van der Waals surface area contributed by atoms with Crippen LogP contribution in [0.1, 0.15) is 10.6 Å². The summed E-state index contributed by atoms with van der Waals surface area (Å²) < 4.78 is 30.2. The predicted octanol–water partition coefficient (Wildman–Crippen LogP) is 0.502. The van der Waals surface area contributed by atoms with Crippen molar-refractivity contribution in [2.45, 2.75) is 5.09 Å². The van der Waals surface area contributed by atoms with Gasteiger partial charge in [-0.25, -0.2) is 4.79 Å². The molecule has 0 amide bonds. The molecule has 0 spiro atoms. The maximum Gasteiger partial charge on any atom is 0.371 e. The van der Waals surface area contributed by atoms with Gasteiger partial charge in [-0.2, -0.15) is 13.5 Å². The van der Waals surface area contributed by atoms with Gasteiger partial charge >= 0.3 is 5.97 Å². The maximum atomic E-state index is 11.7. The monoisotopic (exact) mass is 257 g/mol. The van der Waals surface area contributed by atoms with Crippen LogP contribution in [0.2, 0.25) is 0 Å². The number of anilines is 1. The molecule has 2 aromatic heterocycles. The molecule has 3 N–H and O–H groups in total. The Morgan fingerprint density at radius 1 is 1.41 bits per heavy atom. The Morgan fingerprint density at radius 3 is 2.71 bits per heavy atom. The summed E-state index contributed by atoms with van der Waals surface area (Å²) in [5.74, 6) is -1.64. The zero-order chi connectivity index (χ0) is 12.5. The summed E-state index contributed by atoms with van der Waals surface area (Å²) in [6.45, 7) is 0. The highest BCUT2D eigenvalue weighted by molar-refractivity contribution is 7.92. The first kappa shape index (κ1) is 11.2. The highest BCUT2D eigenvalue weighted by Gasteiger charge is 2.21. The van der Waals surface area contributed by atoms with Crippen LogP contribution in [-0.2, 0) is 10.0 Å². The Labute approximate surface area is 95.3 Å². The van der Waals surface area contributed by atoms with Crippen LogP contribution in [0, 0.1) is 0 Å². The highest BCUT2D eigenvalue weighted by Crippen LogP contribution is 2.16. The van der Waals surface area contributed by atoms with Gasteiger partial charge in [0.1, 0.15) is 5.82 Å². The summed E-state index contributed by atoms with van der Waals surface area (Å²) >= 11 is 0. The Kier molecular flexibility index (Phi) is 2.60. The fourth-order valence-electron chi connectivity index (χ4n) is 1.09. The summed E-state index contributed by atoms with van der Waals surface area (Å²) in [4.78, 5) is 10.5. The molecule has 0 saturated carbocycles. The van der Waals surface area contributed by atoms with Crippen molar-refractivity contribution in [3.8, 4) is 0 Å². The number of furan rings is 1. The van der Waals surface area contributed by atoms with E-state index in [2.05, 4.69) is 19.3 Å². The van der Waals surface area contributed by atoms with Gasteiger partial charge in [-0.1, -0.05) is 0 Å². The van der Waals surface area contributed by atoms with Gasteiger partial charge in [0.05, 0.1) is 6.20 Å².